The number of nitrogens with one attached hydrogen (secondary N) is 1. The lowest BCUT2D eigenvalue weighted by atomic mass is 10.1. The number of fused-ring (bicyclic) bond motifs is 1. The third-order valence-electron chi connectivity index (χ3n) is 4.99. The summed E-state index contributed by atoms with van der Waals surface area (Å²) in [7, 11) is 0. The predicted octanol–water partition coefficient (Wildman–Crippen LogP) is 2.27. The van der Waals surface area contributed by atoms with E-state index >= 15 is 0 Å². The van der Waals surface area contributed by atoms with Crippen LogP contribution >= 0.6 is 0 Å². The standard InChI is InChI=1S/C22H22N4O2/c27-21(24-12-10-17-6-2-1-3-7-17)20-16-25-13-5-9-19(25)22(28)26(20)15-18-8-4-11-23-14-18/h1-9,11,13-14,20H,10,12,15-16H2,(H,24,27). The van der Waals surface area contributed by atoms with Gasteiger partial charge >= 0.3 is 0 Å². The molecule has 1 atom stereocenters. The smallest absolute Gasteiger partial charge is 0.271 e. The van der Waals surface area contributed by atoms with Gasteiger partial charge in [0.25, 0.3) is 5.91 Å². The van der Waals surface area contributed by atoms with Gasteiger partial charge in [-0.25, -0.2) is 0 Å². The summed E-state index contributed by atoms with van der Waals surface area (Å²) in [5, 5.41) is 3.00. The summed E-state index contributed by atoms with van der Waals surface area (Å²) in [6, 6.07) is 16.9. The van der Waals surface area contributed by atoms with Gasteiger partial charge in [0.15, 0.2) is 0 Å². The molecule has 0 aliphatic carbocycles. The maximum absolute atomic E-state index is 13.0. The van der Waals surface area contributed by atoms with Gasteiger partial charge in [-0.2, -0.15) is 0 Å². The molecule has 1 aliphatic heterocycles. The summed E-state index contributed by atoms with van der Waals surface area (Å²) < 4.78 is 1.85. The molecule has 0 fully saturated rings. The van der Waals surface area contributed by atoms with Gasteiger partial charge in [-0.15, -0.1) is 0 Å². The second-order valence-electron chi connectivity index (χ2n) is 6.88. The van der Waals surface area contributed by atoms with Gasteiger partial charge in [0.2, 0.25) is 5.91 Å². The number of hydrogen-bond donors (Lipinski definition) is 1. The summed E-state index contributed by atoms with van der Waals surface area (Å²) in [4.78, 5) is 31.7. The Kier molecular flexibility index (Phi) is 5.19. The SMILES string of the molecule is O=C(NCCc1ccccc1)C1Cn2cccc2C(=O)N1Cc1cccnc1. The predicted molar refractivity (Wildman–Crippen MR) is 105 cm³/mol. The highest BCUT2D eigenvalue weighted by Gasteiger charge is 2.36. The number of pyridine rings is 1. The normalized spacial score (nSPS) is 15.9. The Morgan fingerprint density at radius 1 is 1.07 bits per heavy atom. The molecule has 6 nitrogen and oxygen atoms in total. The van der Waals surface area contributed by atoms with Crippen LogP contribution < -0.4 is 5.32 Å². The molecule has 0 spiro atoms. The molecule has 3 aromatic rings. The Morgan fingerprint density at radius 3 is 2.68 bits per heavy atom. The summed E-state index contributed by atoms with van der Waals surface area (Å²) in [5.41, 5.74) is 2.68. The van der Waals surface area contributed by atoms with Crippen molar-refractivity contribution in [2.75, 3.05) is 6.54 Å². The van der Waals surface area contributed by atoms with E-state index in [9.17, 15) is 9.59 Å². The van der Waals surface area contributed by atoms with Crippen molar-refractivity contribution in [2.24, 2.45) is 0 Å². The number of nitrogens with zero attached hydrogens (tertiary/aromatic N) is 3. The summed E-state index contributed by atoms with van der Waals surface area (Å²) in [6.45, 7) is 1.34. The van der Waals surface area contributed by atoms with E-state index in [1.54, 1.807) is 23.4 Å². The van der Waals surface area contributed by atoms with Gasteiger partial charge in [-0.3, -0.25) is 14.6 Å². The van der Waals surface area contributed by atoms with Crippen molar-refractivity contribution in [1.82, 2.24) is 19.8 Å². The fourth-order valence-electron chi connectivity index (χ4n) is 3.53. The molecule has 2 aromatic heterocycles. The minimum atomic E-state index is -0.552. The van der Waals surface area contributed by atoms with Crippen LogP contribution in [0.2, 0.25) is 0 Å². The molecule has 1 N–H and O–H groups in total. The Morgan fingerprint density at radius 2 is 1.89 bits per heavy atom. The van der Waals surface area contributed by atoms with E-state index in [2.05, 4.69) is 10.3 Å². The number of aromatic nitrogens is 2. The van der Waals surface area contributed by atoms with E-state index in [-0.39, 0.29) is 11.8 Å². The number of benzene rings is 1. The van der Waals surface area contributed by atoms with Crippen LogP contribution in [0.5, 0.6) is 0 Å². The Hall–Kier alpha value is -3.41. The number of rotatable bonds is 6. The Bertz CT molecular complexity index is 953. The van der Waals surface area contributed by atoms with Crippen LogP contribution in [0.15, 0.2) is 73.2 Å². The van der Waals surface area contributed by atoms with Gasteiger partial charge in [0.1, 0.15) is 11.7 Å². The molecule has 2 amide bonds. The minimum Gasteiger partial charge on any atom is -0.354 e. The van der Waals surface area contributed by atoms with Crippen molar-refractivity contribution >= 4 is 11.8 Å². The van der Waals surface area contributed by atoms with E-state index in [1.807, 2.05) is 59.3 Å². The molecule has 0 saturated heterocycles. The van der Waals surface area contributed by atoms with Crippen LogP contribution in [0.1, 0.15) is 21.6 Å². The van der Waals surface area contributed by atoms with Gasteiger partial charge in [0, 0.05) is 31.7 Å². The first-order chi connectivity index (χ1) is 13.7. The second kappa shape index (κ2) is 8.08. The van der Waals surface area contributed by atoms with Gasteiger partial charge in [0.05, 0.1) is 6.54 Å². The third-order valence-corrected chi connectivity index (χ3v) is 4.99. The van der Waals surface area contributed by atoms with Gasteiger partial charge < -0.3 is 14.8 Å². The average Bonchev–Trinajstić information content (AvgIpc) is 3.20. The van der Waals surface area contributed by atoms with E-state index in [1.165, 1.54) is 5.56 Å². The highest BCUT2D eigenvalue weighted by Crippen LogP contribution is 2.21. The molecule has 1 aromatic carbocycles. The molecule has 0 saturated carbocycles. The third kappa shape index (κ3) is 3.81. The fourth-order valence-corrected chi connectivity index (χ4v) is 3.53. The first kappa shape index (κ1) is 18.0. The molecule has 0 bridgehead atoms. The Balaban J connectivity index is 1.49. The summed E-state index contributed by atoms with van der Waals surface area (Å²) >= 11 is 0. The van der Waals surface area contributed by atoms with Crippen LogP contribution in [0.25, 0.3) is 0 Å². The molecule has 142 valence electrons. The van der Waals surface area contributed by atoms with Crippen molar-refractivity contribution in [1.29, 1.82) is 0 Å². The van der Waals surface area contributed by atoms with Crippen molar-refractivity contribution < 1.29 is 9.59 Å². The van der Waals surface area contributed by atoms with Crippen LogP contribution in [-0.4, -0.2) is 38.9 Å². The fraction of sp³-hybridized carbons (Fsp3) is 0.227. The zero-order valence-corrected chi connectivity index (χ0v) is 15.5. The molecule has 6 heteroatoms. The number of carbonyl (C=O) groups excluding carboxylic acids is 2. The Labute approximate surface area is 163 Å². The van der Waals surface area contributed by atoms with Gasteiger partial charge in [-0.1, -0.05) is 36.4 Å². The first-order valence-corrected chi connectivity index (χ1v) is 9.39. The average molecular weight is 374 g/mol. The zero-order chi connectivity index (χ0) is 19.3. The maximum Gasteiger partial charge on any atom is 0.271 e. The minimum absolute atomic E-state index is 0.132. The lowest BCUT2D eigenvalue weighted by Gasteiger charge is -2.35. The largest absolute Gasteiger partial charge is 0.354 e. The monoisotopic (exact) mass is 374 g/mol. The first-order valence-electron chi connectivity index (χ1n) is 9.39. The van der Waals surface area contributed by atoms with E-state index in [0.29, 0.717) is 25.3 Å². The van der Waals surface area contributed by atoms with Crippen LogP contribution in [0.4, 0.5) is 0 Å². The number of hydrogen-bond acceptors (Lipinski definition) is 3. The van der Waals surface area contributed by atoms with E-state index in [4.69, 9.17) is 0 Å². The second-order valence-corrected chi connectivity index (χ2v) is 6.88. The van der Waals surface area contributed by atoms with E-state index in [0.717, 1.165) is 12.0 Å². The van der Waals surface area contributed by atoms with Crippen molar-refractivity contribution in [3.8, 4) is 0 Å². The molecule has 1 aliphatic rings. The lowest BCUT2D eigenvalue weighted by Crippen LogP contribution is -2.54. The number of carbonyl (C=O) groups is 2. The summed E-state index contributed by atoms with van der Waals surface area (Å²) in [6.07, 6.45) is 6.02. The maximum atomic E-state index is 13.0. The van der Waals surface area contributed by atoms with E-state index < -0.39 is 6.04 Å². The molecule has 3 heterocycles. The number of amides is 2. The quantitative estimate of drug-likeness (QED) is 0.720. The zero-order valence-electron chi connectivity index (χ0n) is 15.5. The summed E-state index contributed by atoms with van der Waals surface area (Å²) in [5.74, 6) is -0.268. The molecular formula is C22H22N4O2. The molecular weight excluding hydrogens is 352 g/mol. The lowest BCUT2D eigenvalue weighted by molar-refractivity contribution is -0.126. The molecule has 4 rings (SSSR count). The van der Waals surface area contributed by atoms with Crippen LogP contribution in [-0.2, 0) is 24.3 Å². The van der Waals surface area contributed by atoms with Crippen molar-refractivity contribution in [3.05, 3.63) is 90.0 Å². The van der Waals surface area contributed by atoms with Crippen molar-refractivity contribution in [3.63, 3.8) is 0 Å². The molecule has 28 heavy (non-hydrogen) atoms. The molecule has 1 unspecified atom stereocenters. The topological polar surface area (TPSA) is 67.2 Å². The molecule has 0 radical (unpaired) electrons. The van der Waals surface area contributed by atoms with Gasteiger partial charge in [-0.05, 0) is 35.7 Å². The highest BCUT2D eigenvalue weighted by molar-refractivity contribution is 5.97. The van der Waals surface area contributed by atoms with Crippen LogP contribution in [0, 0.1) is 0 Å². The van der Waals surface area contributed by atoms with Crippen molar-refractivity contribution in [2.45, 2.75) is 25.6 Å². The highest BCUT2D eigenvalue weighted by atomic mass is 16.2. The van der Waals surface area contributed by atoms with Crippen LogP contribution in [0.3, 0.4) is 0 Å².